The lowest BCUT2D eigenvalue weighted by Crippen LogP contribution is -2.36. The number of benzene rings is 1. The average Bonchev–Trinajstić information content (AvgIpc) is 3.15. The molecule has 1 aromatic carbocycles. The molecule has 1 aliphatic rings. The van der Waals surface area contributed by atoms with E-state index in [2.05, 4.69) is 5.32 Å². The van der Waals surface area contributed by atoms with Crippen LogP contribution in [-0.2, 0) is 16.1 Å². The highest BCUT2D eigenvalue weighted by Crippen LogP contribution is 2.28. The van der Waals surface area contributed by atoms with Crippen LogP contribution in [0.1, 0.15) is 17.7 Å². The fourth-order valence-electron chi connectivity index (χ4n) is 2.79. The Balaban J connectivity index is 1.67. The van der Waals surface area contributed by atoms with Gasteiger partial charge in [-0.15, -0.1) is 0 Å². The minimum Gasteiger partial charge on any atom is -0.467 e. The quantitative estimate of drug-likeness (QED) is 0.881. The highest BCUT2D eigenvalue weighted by Gasteiger charge is 2.37. The summed E-state index contributed by atoms with van der Waals surface area (Å²) in [6.45, 7) is 2.45. The number of furan rings is 1. The van der Waals surface area contributed by atoms with Crippen LogP contribution in [0.25, 0.3) is 0 Å². The molecule has 0 spiro atoms. The molecule has 1 fully saturated rings. The molecule has 2 amide bonds. The van der Waals surface area contributed by atoms with Gasteiger partial charge >= 0.3 is 0 Å². The first-order valence-electron chi connectivity index (χ1n) is 7.44. The number of amides is 2. The van der Waals surface area contributed by atoms with Crippen molar-refractivity contribution in [3.05, 3.63) is 53.7 Å². The van der Waals surface area contributed by atoms with Gasteiger partial charge in [-0.2, -0.15) is 0 Å². The smallest absolute Gasteiger partial charge is 0.239 e. The van der Waals surface area contributed by atoms with Gasteiger partial charge in [0.1, 0.15) is 17.5 Å². The summed E-state index contributed by atoms with van der Waals surface area (Å²) in [5, 5.41) is 2.71. The van der Waals surface area contributed by atoms with Crippen molar-refractivity contribution in [2.24, 2.45) is 5.92 Å². The number of aryl methyl sites for hydroxylation is 1. The molecule has 1 aliphatic heterocycles. The third-order valence-corrected chi connectivity index (χ3v) is 3.99. The molecule has 6 heteroatoms. The van der Waals surface area contributed by atoms with E-state index in [0.717, 1.165) is 0 Å². The maximum absolute atomic E-state index is 13.2. The first-order valence-corrected chi connectivity index (χ1v) is 7.44. The Labute approximate surface area is 133 Å². The van der Waals surface area contributed by atoms with Crippen LogP contribution >= 0.6 is 0 Å². The number of carbonyl (C=O) groups is 2. The van der Waals surface area contributed by atoms with Crippen LogP contribution in [0.4, 0.5) is 10.1 Å². The maximum atomic E-state index is 13.2. The predicted octanol–water partition coefficient (Wildman–Crippen LogP) is 2.40. The Kier molecular flexibility index (Phi) is 4.14. The minimum atomic E-state index is -0.714. The highest BCUT2D eigenvalue weighted by molar-refractivity contribution is 6.09. The first kappa shape index (κ1) is 15.3. The third kappa shape index (κ3) is 3.11. The molecular formula is C17H17FN2O3. The number of nitrogens with zero attached hydrogens (tertiary/aromatic N) is 1. The first-order chi connectivity index (χ1) is 11.1. The van der Waals surface area contributed by atoms with Crippen molar-refractivity contribution >= 4 is 17.5 Å². The molecule has 2 aromatic rings. The molecule has 0 bridgehead atoms. The summed E-state index contributed by atoms with van der Waals surface area (Å²) >= 11 is 0. The monoisotopic (exact) mass is 316 g/mol. The number of rotatable bonds is 4. The normalized spacial score (nSPS) is 17.6. The van der Waals surface area contributed by atoms with Crippen LogP contribution in [0.15, 0.2) is 41.0 Å². The fraction of sp³-hybridized carbons (Fsp3) is 0.294. The van der Waals surface area contributed by atoms with Crippen LogP contribution in [0, 0.1) is 18.7 Å². The van der Waals surface area contributed by atoms with E-state index >= 15 is 0 Å². The second kappa shape index (κ2) is 6.24. The molecule has 1 N–H and O–H groups in total. The lowest BCUT2D eigenvalue weighted by Gasteiger charge is -2.19. The van der Waals surface area contributed by atoms with Gasteiger partial charge in [-0.05, 0) is 49.2 Å². The number of anilines is 1. The van der Waals surface area contributed by atoms with Crippen LogP contribution in [0.2, 0.25) is 0 Å². The van der Waals surface area contributed by atoms with E-state index in [1.54, 1.807) is 30.0 Å². The summed E-state index contributed by atoms with van der Waals surface area (Å²) in [6, 6.07) is 7.77. The number of nitrogens with one attached hydrogen (secondary N) is 1. The maximum Gasteiger partial charge on any atom is 0.239 e. The van der Waals surface area contributed by atoms with Crippen molar-refractivity contribution < 1.29 is 18.4 Å². The molecule has 120 valence electrons. The largest absolute Gasteiger partial charge is 0.467 e. The molecular weight excluding hydrogens is 299 g/mol. The zero-order valence-electron chi connectivity index (χ0n) is 12.7. The Hall–Kier alpha value is -2.63. The molecule has 2 heterocycles. The molecule has 1 unspecified atom stereocenters. The van der Waals surface area contributed by atoms with Crippen molar-refractivity contribution in [1.29, 1.82) is 0 Å². The highest BCUT2D eigenvalue weighted by atomic mass is 19.1. The lowest BCUT2D eigenvalue weighted by atomic mass is 10.1. The summed E-state index contributed by atoms with van der Waals surface area (Å²) < 4.78 is 18.3. The molecule has 5 nitrogen and oxygen atoms in total. The summed E-state index contributed by atoms with van der Waals surface area (Å²) in [4.78, 5) is 26.2. The van der Waals surface area contributed by atoms with Crippen LogP contribution < -0.4 is 10.2 Å². The molecule has 23 heavy (non-hydrogen) atoms. The van der Waals surface area contributed by atoms with Crippen LogP contribution in [-0.4, -0.2) is 18.4 Å². The van der Waals surface area contributed by atoms with Gasteiger partial charge in [0.15, 0.2) is 0 Å². The number of hydrogen-bond donors (Lipinski definition) is 1. The van der Waals surface area contributed by atoms with Crippen molar-refractivity contribution in [3.63, 3.8) is 0 Å². The van der Waals surface area contributed by atoms with Gasteiger partial charge in [-0.1, -0.05) is 0 Å². The van der Waals surface area contributed by atoms with E-state index in [9.17, 15) is 14.0 Å². The molecule has 0 saturated carbocycles. The molecule has 0 aliphatic carbocycles. The Morgan fingerprint density at radius 3 is 2.96 bits per heavy atom. The zero-order valence-corrected chi connectivity index (χ0v) is 12.7. The third-order valence-electron chi connectivity index (χ3n) is 3.99. The van der Waals surface area contributed by atoms with Crippen molar-refractivity contribution in [2.75, 3.05) is 11.4 Å². The topological polar surface area (TPSA) is 62.6 Å². The van der Waals surface area contributed by atoms with Gasteiger partial charge in [0.05, 0.1) is 12.8 Å². The molecule has 3 rings (SSSR count). The minimum absolute atomic E-state index is 0.253. The summed E-state index contributed by atoms with van der Waals surface area (Å²) in [5.74, 6) is -0.986. The van der Waals surface area contributed by atoms with Crippen LogP contribution in [0.5, 0.6) is 0 Å². The van der Waals surface area contributed by atoms with E-state index in [1.165, 1.54) is 18.4 Å². The van der Waals surface area contributed by atoms with Gasteiger partial charge in [0.2, 0.25) is 11.8 Å². The Morgan fingerprint density at radius 1 is 1.43 bits per heavy atom. The van der Waals surface area contributed by atoms with Crippen molar-refractivity contribution in [3.8, 4) is 0 Å². The summed E-state index contributed by atoms with van der Waals surface area (Å²) in [6.07, 6.45) is 1.97. The Bertz CT molecular complexity index is 727. The van der Waals surface area contributed by atoms with E-state index in [0.29, 0.717) is 30.0 Å². The molecule has 1 saturated heterocycles. The summed E-state index contributed by atoms with van der Waals surface area (Å²) in [7, 11) is 0. The van der Waals surface area contributed by atoms with E-state index in [-0.39, 0.29) is 24.2 Å². The second-order valence-electron chi connectivity index (χ2n) is 5.56. The standard InChI is InChI=1S/C17H17FN2O3/c1-11-9-12(18)4-5-15(11)20-7-6-14(17(20)22)16(21)19-10-13-3-2-8-23-13/h2-5,8-9,14H,6-7,10H2,1H3,(H,19,21). The van der Waals surface area contributed by atoms with Crippen molar-refractivity contribution in [1.82, 2.24) is 5.32 Å². The number of carbonyl (C=O) groups excluding carboxylic acids is 2. The molecule has 1 aromatic heterocycles. The van der Waals surface area contributed by atoms with Gasteiger partial charge in [-0.25, -0.2) is 4.39 Å². The summed E-state index contributed by atoms with van der Waals surface area (Å²) in [5.41, 5.74) is 1.33. The lowest BCUT2D eigenvalue weighted by molar-refractivity contribution is -0.132. The van der Waals surface area contributed by atoms with E-state index in [1.807, 2.05) is 0 Å². The molecule has 1 atom stereocenters. The number of halogens is 1. The van der Waals surface area contributed by atoms with Gasteiger partial charge in [0.25, 0.3) is 0 Å². The van der Waals surface area contributed by atoms with Crippen LogP contribution in [0.3, 0.4) is 0 Å². The number of hydrogen-bond acceptors (Lipinski definition) is 3. The average molecular weight is 316 g/mol. The fourth-order valence-corrected chi connectivity index (χ4v) is 2.79. The SMILES string of the molecule is Cc1cc(F)ccc1N1CCC(C(=O)NCc2ccco2)C1=O. The second-order valence-corrected chi connectivity index (χ2v) is 5.56. The van der Waals surface area contributed by atoms with Gasteiger partial charge in [-0.3, -0.25) is 9.59 Å². The Morgan fingerprint density at radius 2 is 2.26 bits per heavy atom. The van der Waals surface area contributed by atoms with Gasteiger partial charge in [0, 0.05) is 12.2 Å². The van der Waals surface area contributed by atoms with E-state index < -0.39 is 5.92 Å². The predicted molar refractivity (Wildman–Crippen MR) is 82.2 cm³/mol. The van der Waals surface area contributed by atoms with Gasteiger partial charge < -0.3 is 14.6 Å². The van der Waals surface area contributed by atoms with E-state index in [4.69, 9.17) is 4.42 Å². The zero-order chi connectivity index (χ0) is 16.4. The van der Waals surface area contributed by atoms with Crippen molar-refractivity contribution in [2.45, 2.75) is 19.9 Å². The molecule has 0 radical (unpaired) electrons.